The highest BCUT2D eigenvalue weighted by Gasteiger charge is 1.94. The van der Waals surface area contributed by atoms with Gasteiger partial charge in [0.2, 0.25) is 0 Å². The minimum Gasteiger partial charge on any atom is -0.257 e. The fourth-order valence-corrected chi connectivity index (χ4v) is 0.952. The Labute approximate surface area is 72.8 Å². The van der Waals surface area contributed by atoms with E-state index in [1.54, 1.807) is 6.08 Å². The molecule has 0 heterocycles. The number of allylic oxidation sites excluding steroid dienone is 1. The lowest BCUT2D eigenvalue weighted by Crippen LogP contribution is -1.93. The molecule has 0 atom stereocenters. The van der Waals surface area contributed by atoms with Gasteiger partial charge in [-0.1, -0.05) is 43.5 Å². The summed E-state index contributed by atoms with van der Waals surface area (Å²) in [6.45, 7) is 7.22. The van der Waals surface area contributed by atoms with Gasteiger partial charge in [-0.15, -0.1) is 0 Å². The molecule has 12 heavy (non-hydrogen) atoms. The van der Waals surface area contributed by atoms with Crippen molar-refractivity contribution < 1.29 is 0 Å². The number of hydrogen-bond donors (Lipinski definition) is 0. The van der Waals surface area contributed by atoms with Gasteiger partial charge < -0.3 is 0 Å². The average molecular weight is 157 g/mol. The van der Waals surface area contributed by atoms with Crippen molar-refractivity contribution >= 4 is 5.71 Å². The third kappa shape index (κ3) is 1.92. The summed E-state index contributed by atoms with van der Waals surface area (Å²) in [7, 11) is 0. The molecule has 1 aromatic rings. The Hall–Kier alpha value is -1.63. The molecule has 1 rings (SSSR count). The van der Waals surface area contributed by atoms with Crippen molar-refractivity contribution in [2.24, 2.45) is 4.99 Å². The molecular weight excluding hydrogens is 146 g/mol. The summed E-state index contributed by atoms with van der Waals surface area (Å²) in [5.74, 6) is 0. The molecule has 0 bridgehead atoms. The van der Waals surface area contributed by atoms with Gasteiger partial charge in [0.25, 0.3) is 0 Å². The van der Waals surface area contributed by atoms with Gasteiger partial charge >= 0.3 is 0 Å². The normalized spacial score (nSPS) is 10.8. The topological polar surface area (TPSA) is 12.4 Å². The zero-order valence-corrected chi connectivity index (χ0v) is 6.90. The van der Waals surface area contributed by atoms with Gasteiger partial charge in [-0.05, 0) is 6.08 Å². The average Bonchev–Trinajstić information content (AvgIpc) is 2.15. The summed E-state index contributed by atoms with van der Waals surface area (Å²) in [6, 6.07) is 9.89. The molecule has 1 nitrogen and oxygen atoms in total. The van der Waals surface area contributed by atoms with Crippen LogP contribution >= 0.6 is 0 Å². The molecule has 0 saturated carbocycles. The van der Waals surface area contributed by atoms with Crippen LogP contribution in [-0.4, -0.2) is 5.71 Å². The lowest BCUT2D eigenvalue weighted by atomic mass is 10.1. The first kappa shape index (κ1) is 8.47. The second kappa shape index (κ2) is 4.29. The first-order valence-electron chi connectivity index (χ1n) is 3.75. The lowest BCUT2D eigenvalue weighted by Gasteiger charge is -1.97. The van der Waals surface area contributed by atoms with Crippen molar-refractivity contribution in [3.8, 4) is 0 Å². The summed E-state index contributed by atoms with van der Waals surface area (Å²) in [4.78, 5) is 4.08. The molecule has 0 fully saturated rings. The van der Waals surface area contributed by atoms with Crippen LogP contribution in [0.3, 0.4) is 0 Å². The highest BCUT2D eigenvalue weighted by atomic mass is 14.7. The summed E-state index contributed by atoms with van der Waals surface area (Å²) < 4.78 is 0. The summed E-state index contributed by atoms with van der Waals surface area (Å²) in [6.07, 6.45) is 3.24. The van der Waals surface area contributed by atoms with Crippen LogP contribution in [0.2, 0.25) is 0 Å². The van der Waals surface area contributed by atoms with Gasteiger partial charge in [0.05, 0.1) is 5.71 Å². The minimum absolute atomic E-state index is 0.852. The first-order valence-corrected chi connectivity index (χ1v) is 3.75. The zero-order valence-electron chi connectivity index (χ0n) is 6.90. The summed E-state index contributed by atoms with van der Waals surface area (Å²) >= 11 is 0. The molecular formula is C11H11N. The van der Waals surface area contributed by atoms with Gasteiger partial charge in [-0.25, -0.2) is 0 Å². The molecule has 1 aromatic carbocycles. The SMILES string of the molecule is C=CN=C(C=C)c1ccccc1. The molecule has 0 aliphatic carbocycles. The van der Waals surface area contributed by atoms with Gasteiger partial charge in [0, 0.05) is 11.8 Å². The van der Waals surface area contributed by atoms with Crippen LogP contribution in [0.4, 0.5) is 0 Å². The van der Waals surface area contributed by atoms with E-state index in [0.29, 0.717) is 0 Å². The van der Waals surface area contributed by atoms with Crippen LogP contribution in [0.5, 0.6) is 0 Å². The van der Waals surface area contributed by atoms with Crippen molar-refractivity contribution in [2.45, 2.75) is 0 Å². The van der Waals surface area contributed by atoms with Gasteiger partial charge in [-0.2, -0.15) is 0 Å². The first-order chi connectivity index (χ1) is 5.88. The summed E-state index contributed by atoms with van der Waals surface area (Å²) in [5, 5.41) is 0. The molecule has 0 amide bonds. The number of rotatable bonds is 3. The Morgan fingerprint density at radius 1 is 1.17 bits per heavy atom. The fourth-order valence-electron chi connectivity index (χ4n) is 0.952. The van der Waals surface area contributed by atoms with Crippen LogP contribution in [0.25, 0.3) is 0 Å². The number of nitrogens with zero attached hydrogens (tertiary/aromatic N) is 1. The predicted molar refractivity (Wildman–Crippen MR) is 53.4 cm³/mol. The standard InChI is InChI=1S/C11H11N/c1-3-11(12-4-2)10-8-6-5-7-9-10/h3-9H,1-2H2. The third-order valence-electron chi connectivity index (χ3n) is 1.49. The Morgan fingerprint density at radius 2 is 1.83 bits per heavy atom. The molecule has 0 saturated heterocycles. The van der Waals surface area contributed by atoms with E-state index in [1.165, 1.54) is 6.20 Å². The van der Waals surface area contributed by atoms with Gasteiger partial charge in [0.15, 0.2) is 0 Å². The van der Waals surface area contributed by atoms with Crippen molar-refractivity contribution in [1.82, 2.24) is 0 Å². The van der Waals surface area contributed by atoms with Gasteiger partial charge in [0.1, 0.15) is 0 Å². The molecule has 0 unspecified atom stereocenters. The van der Waals surface area contributed by atoms with Crippen molar-refractivity contribution in [3.63, 3.8) is 0 Å². The maximum Gasteiger partial charge on any atom is 0.0695 e. The quantitative estimate of drug-likeness (QED) is 0.598. The maximum absolute atomic E-state index is 4.08. The van der Waals surface area contributed by atoms with E-state index < -0.39 is 0 Å². The molecule has 1 heteroatoms. The van der Waals surface area contributed by atoms with Crippen LogP contribution in [-0.2, 0) is 0 Å². The van der Waals surface area contributed by atoms with E-state index >= 15 is 0 Å². The fraction of sp³-hybridized carbons (Fsp3) is 0. The van der Waals surface area contributed by atoms with Crippen LogP contribution in [0, 0.1) is 0 Å². The smallest absolute Gasteiger partial charge is 0.0695 e. The maximum atomic E-state index is 4.08. The van der Waals surface area contributed by atoms with E-state index in [9.17, 15) is 0 Å². The van der Waals surface area contributed by atoms with E-state index in [0.717, 1.165) is 11.3 Å². The second-order valence-corrected chi connectivity index (χ2v) is 2.27. The van der Waals surface area contributed by atoms with Crippen LogP contribution in [0.1, 0.15) is 5.56 Å². The second-order valence-electron chi connectivity index (χ2n) is 2.27. The number of hydrogen-bond acceptors (Lipinski definition) is 1. The van der Waals surface area contributed by atoms with E-state index in [2.05, 4.69) is 18.2 Å². The summed E-state index contributed by atoms with van der Waals surface area (Å²) in [5.41, 5.74) is 1.91. The molecule has 0 N–H and O–H groups in total. The Kier molecular flexibility index (Phi) is 3.03. The number of benzene rings is 1. The Bertz CT molecular complexity index is 296. The molecule has 60 valence electrons. The van der Waals surface area contributed by atoms with Crippen LogP contribution < -0.4 is 0 Å². The van der Waals surface area contributed by atoms with Gasteiger partial charge in [-0.3, -0.25) is 4.99 Å². The highest BCUT2D eigenvalue weighted by molar-refractivity contribution is 6.08. The number of aliphatic imine (C=N–C) groups is 1. The van der Waals surface area contributed by atoms with Crippen molar-refractivity contribution in [2.75, 3.05) is 0 Å². The molecule has 0 aromatic heterocycles. The van der Waals surface area contributed by atoms with E-state index in [1.807, 2.05) is 30.3 Å². The Balaban J connectivity index is 3.03. The van der Waals surface area contributed by atoms with Crippen LogP contribution in [0.15, 0.2) is 60.8 Å². The Morgan fingerprint density at radius 3 is 2.33 bits per heavy atom. The minimum atomic E-state index is 0.852. The largest absolute Gasteiger partial charge is 0.257 e. The molecule has 0 aliphatic rings. The zero-order chi connectivity index (χ0) is 8.81. The molecule has 0 spiro atoms. The molecule has 0 radical (unpaired) electrons. The monoisotopic (exact) mass is 157 g/mol. The molecule has 0 aliphatic heterocycles. The third-order valence-corrected chi connectivity index (χ3v) is 1.49. The van der Waals surface area contributed by atoms with Crippen molar-refractivity contribution in [1.29, 1.82) is 0 Å². The lowest BCUT2D eigenvalue weighted by molar-refractivity contribution is 1.55. The highest BCUT2D eigenvalue weighted by Crippen LogP contribution is 2.01. The predicted octanol–water partition coefficient (Wildman–Crippen LogP) is 2.81. The van der Waals surface area contributed by atoms with E-state index in [4.69, 9.17) is 0 Å². The van der Waals surface area contributed by atoms with Crippen molar-refractivity contribution in [3.05, 3.63) is 61.3 Å². The van der Waals surface area contributed by atoms with E-state index in [-0.39, 0.29) is 0 Å².